The van der Waals surface area contributed by atoms with Crippen LogP contribution in [0.3, 0.4) is 0 Å². The van der Waals surface area contributed by atoms with Crippen LogP contribution in [0.4, 0.5) is 5.82 Å². The molecule has 0 bridgehead atoms. The first-order chi connectivity index (χ1) is 7.18. The van der Waals surface area contributed by atoms with Gasteiger partial charge < -0.3 is 10.1 Å². The highest BCUT2D eigenvalue weighted by Crippen LogP contribution is 2.28. The Bertz CT molecular complexity index is 363. The summed E-state index contributed by atoms with van der Waals surface area (Å²) in [6.07, 6.45) is 2.62. The maximum atomic E-state index is 5.87. The Labute approximate surface area is 102 Å². The molecule has 2 unspecified atom stereocenters. The van der Waals surface area contributed by atoms with E-state index in [1.807, 2.05) is 6.92 Å². The van der Waals surface area contributed by atoms with Crippen molar-refractivity contribution in [3.63, 3.8) is 0 Å². The van der Waals surface area contributed by atoms with Crippen LogP contribution in [-0.4, -0.2) is 28.7 Å². The number of nitrogens with zero attached hydrogens (tertiary/aromatic N) is 2. The number of halogens is 2. The first-order valence-electron chi connectivity index (χ1n) is 4.72. The lowest BCUT2D eigenvalue weighted by Crippen LogP contribution is -2.27. The van der Waals surface area contributed by atoms with Crippen molar-refractivity contribution in [2.45, 2.75) is 25.5 Å². The van der Waals surface area contributed by atoms with Gasteiger partial charge in [-0.2, -0.15) is 0 Å². The molecule has 4 nitrogen and oxygen atoms in total. The van der Waals surface area contributed by atoms with Crippen molar-refractivity contribution in [2.75, 3.05) is 11.9 Å². The molecular weight excluding hydrogens is 281 g/mol. The van der Waals surface area contributed by atoms with Crippen LogP contribution >= 0.6 is 27.5 Å². The number of hydrogen-bond acceptors (Lipinski definition) is 4. The van der Waals surface area contributed by atoms with Crippen LogP contribution in [0.15, 0.2) is 10.8 Å². The van der Waals surface area contributed by atoms with E-state index in [0.717, 1.165) is 18.8 Å². The van der Waals surface area contributed by atoms with E-state index in [0.29, 0.717) is 9.63 Å². The van der Waals surface area contributed by atoms with Crippen LogP contribution in [-0.2, 0) is 4.74 Å². The predicted octanol–water partition coefficient (Wildman–Crippen LogP) is 2.48. The van der Waals surface area contributed by atoms with Crippen LogP contribution in [0.5, 0.6) is 0 Å². The summed E-state index contributed by atoms with van der Waals surface area (Å²) in [4.78, 5) is 8.00. The van der Waals surface area contributed by atoms with Crippen molar-refractivity contribution >= 4 is 33.3 Å². The van der Waals surface area contributed by atoms with Gasteiger partial charge in [-0.15, -0.1) is 0 Å². The van der Waals surface area contributed by atoms with E-state index in [1.54, 1.807) is 0 Å². The lowest BCUT2D eigenvalue weighted by Gasteiger charge is -2.17. The summed E-state index contributed by atoms with van der Waals surface area (Å²) in [5.74, 6) is 0.720. The fourth-order valence-electron chi connectivity index (χ4n) is 1.55. The molecule has 1 N–H and O–H groups in total. The Balaban J connectivity index is 2.13. The van der Waals surface area contributed by atoms with Gasteiger partial charge in [-0.3, -0.25) is 0 Å². The fourth-order valence-corrected chi connectivity index (χ4v) is 2.00. The second-order valence-electron chi connectivity index (χ2n) is 3.44. The molecule has 2 rings (SSSR count). The summed E-state index contributed by atoms with van der Waals surface area (Å²) in [5, 5.41) is 3.71. The minimum atomic E-state index is 0.200. The number of aromatic nitrogens is 2. The van der Waals surface area contributed by atoms with Crippen molar-refractivity contribution in [1.29, 1.82) is 0 Å². The number of nitrogens with one attached hydrogen (secondary N) is 1. The van der Waals surface area contributed by atoms with E-state index in [1.165, 1.54) is 6.33 Å². The Morgan fingerprint density at radius 2 is 2.40 bits per heavy atom. The molecule has 1 aromatic heterocycles. The van der Waals surface area contributed by atoms with Gasteiger partial charge in [-0.25, -0.2) is 9.97 Å². The molecule has 0 amide bonds. The quantitative estimate of drug-likeness (QED) is 0.851. The third-order valence-electron chi connectivity index (χ3n) is 2.45. The van der Waals surface area contributed by atoms with E-state index >= 15 is 0 Å². The molecule has 2 atom stereocenters. The molecule has 1 saturated heterocycles. The lowest BCUT2D eigenvalue weighted by atomic mass is 10.1. The molecule has 6 heteroatoms. The monoisotopic (exact) mass is 291 g/mol. The summed E-state index contributed by atoms with van der Waals surface area (Å²) in [6, 6.07) is 0.285. The van der Waals surface area contributed by atoms with Crippen molar-refractivity contribution in [3.05, 3.63) is 16.0 Å². The minimum Gasteiger partial charge on any atom is -0.376 e. The molecule has 0 radical (unpaired) electrons. The van der Waals surface area contributed by atoms with Crippen molar-refractivity contribution in [2.24, 2.45) is 0 Å². The third-order valence-corrected chi connectivity index (χ3v) is 3.71. The second kappa shape index (κ2) is 4.63. The van der Waals surface area contributed by atoms with Crippen LogP contribution in [0.2, 0.25) is 5.15 Å². The zero-order valence-electron chi connectivity index (χ0n) is 8.20. The molecule has 82 valence electrons. The summed E-state index contributed by atoms with van der Waals surface area (Å²) >= 11 is 9.21. The zero-order valence-corrected chi connectivity index (χ0v) is 10.5. The lowest BCUT2D eigenvalue weighted by molar-refractivity contribution is 0.121. The molecule has 1 aliphatic rings. The topological polar surface area (TPSA) is 47.0 Å². The summed E-state index contributed by atoms with van der Waals surface area (Å²) in [6.45, 7) is 2.83. The first kappa shape index (κ1) is 11.1. The Hall–Kier alpha value is -0.390. The SMILES string of the molecule is CC1OCCC1Nc1ncnc(Cl)c1Br. The van der Waals surface area contributed by atoms with E-state index < -0.39 is 0 Å². The maximum absolute atomic E-state index is 5.87. The van der Waals surface area contributed by atoms with Gasteiger partial charge in [0.2, 0.25) is 0 Å². The number of ether oxygens (including phenoxy) is 1. The molecule has 1 aromatic rings. The molecule has 15 heavy (non-hydrogen) atoms. The van der Waals surface area contributed by atoms with Gasteiger partial charge >= 0.3 is 0 Å². The first-order valence-corrected chi connectivity index (χ1v) is 5.89. The molecule has 1 aliphatic heterocycles. The predicted molar refractivity (Wildman–Crippen MR) is 62.2 cm³/mol. The van der Waals surface area contributed by atoms with E-state index in [4.69, 9.17) is 16.3 Å². The molecule has 0 aromatic carbocycles. The number of hydrogen-bond donors (Lipinski definition) is 1. The summed E-state index contributed by atoms with van der Waals surface area (Å²) in [7, 11) is 0. The van der Waals surface area contributed by atoms with Gasteiger partial charge in [-0.1, -0.05) is 11.6 Å². The van der Waals surface area contributed by atoms with Gasteiger partial charge in [0.25, 0.3) is 0 Å². The van der Waals surface area contributed by atoms with E-state index in [2.05, 4.69) is 31.2 Å². The van der Waals surface area contributed by atoms with Gasteiger partial charge in [0.05, 0.1) is 16.6 Å². The Morgan fingerprint density at radius 3 is 3.07 bits per heavy atom. The number of anilines is 1. The largest absolute Gasteiger partial charge is 0.376 e. The summed E-state index contributed by atoms with van der Waals surface area (Å²) < 4.78 is 6.15. The molecule has 1 fully saturated rings. The molecule has 2 heterocycles. The van der Waals surface area contributed by atoms with Gasteiger partial charge in [0, 0.05) is 6.61 Å². The normalized spacial score (nSPS) is 25.5. The van der Waals surface area contributed by atoms with Gasteiger partial charge in [0.1, 0.15) is 17.3 Å². The molecular formula is C9H11BrClN3O. The minimum absolute atomic E-state index is 0.200. The highest BCUT2D eigenvalue weighted by atomic mass is 79.9. The molecule has 0 saturated carbocycles. The fraction of sp³-hybridized carbons (Fsp3) is 0.556. The number of rotatable bonds is 2. The van der Waals surface area contributed by atoms with Crippen LogP contribution in [0, 0.1) is 0 Å². The maximum Gasteiger partial charge on any atom is 0.148 e. The zero-order chi connectivity index (χ0) is 10.8. The van der Waals surface area contributed by atoms with E-state index in [9.17, 15) is 0 Å². The molecule has 0 aliphatic carbocycles. The van der Waals surface area contributed by atoms with Crippen molar-refractivity contribution < 1.29 is 4.74 Å². The average Bonchev–Trinajstić information content (AvgIpc) is 2.60. The second-order valence-corrected chi connectivity index (χ2v) is 4.59. The van der Waals surface area contributed by atoms with Crippen LogP contribution < -0.4 is 5.32 Å². The smallest absolute Gasteiger partial charge is 0.148 e. The van der Waals surface area contributed by atoms with Crippen molar-refractivity contribution in [1.82, 2.24) is 9.97 Å². The van der Waals surface area contributed by atoms with E-state index in [-0.39, 0.29) is 12.1 Å². The Kier molecular flexibility index (Phi) is 3.43. The third kappa shape index (κ3) is 2.41. The standard InChI is InChI=1S/C9H11BrClN3O/c1-5-6(2-3-15-5)14-9-7(10)8(11)12-4-13-9/h4-6H,2-3H2,1H3,(H,12,13,14). The van der Waals surface area contributed by atoms with Gasteiger partial charge in [0.15, 0.2) is 0 Å². The van der Waals surface area contributed by atoms with Crippen LogP contribution in [0.25, 0.3) is 0 Å². The highest BCUT2D eigenvalue weighted by Gasteiger charge is 2.25. The average molecular weight is 293 g/mol. The summed E-state index contributed by atoms with van der Waals surface area (Å²) in [5.41, 5.74) is 0. The Morgan fingerprint density at radius 1 is 1.60 bits per heavy atom. The van der Waals surface area contributed by atoms with Crippen molar-refractivity contribution in [3.8, 4) is 0 Å². The highest BCUT2D eigenvalue weighted by molar-refractivity contribution is 9.10. The van der Waals surface area contributed by atoms with Crippen LogP contribution in [0.1, 0.15) is 13.3 Å². The van der Waals surface area contributed by atoms with Gasteiger partial charge in [-0.05, 0) is 29.3 Å². The molecule has 0 spiro atoms.